The van der Waals surface area contributed by atoms with Gasteiger partial charge >= 0.3 is 5.97 Å². The van der Waals surface area contributed by atoms with Gasteiger partial charge in [-0.15, -0.1) is 12.3 Å². The zero-order valence-corrected chi connectivity index (χ0v) is 8.49. The molecule has 16 heavy (non-hydrogen) atoms. The standard InChI is InChI=1S/C10H11N3O3/c1-2-3-4-5-11-9(14)7-8(10(15)16)13-6-12-7/h1,6H,3-5H2,(H,11,14)(H,12,13)(H,15,16). The molecule has 0 aliphatic carbocycles. The zero-order valence-electron chi connectivity index (χ0n) is 8.49. The largest absolute Gasteiger partial charge is 0.477 e. The lowest BCUT2D eigenvalue weighted by Gasteiger charge is -2.01. The van der Waals surface area contributed by atoms with E-state index in [2.05, 4.69) is 21.2 Å². The lowest BCUT2D eigenvalue weighted by atomic mass is 10.3. The number of aromatic nitrogens is 2. The maximum absolute atomic E-state index is 11.5. The Morgan fingerprint density at radius 2 is 2.38 bits per heavy atom. The Morgan fingerprint density at radius 1 is 1.62 bits per heavy atom. The number of hydrogen-bond acceptors (Lipinski definition) is 3. The van der Waals surface area contributed by atoms with Gasteiger partial charge in [-0.3, -0.25) is 4.79 Å². The van der Waals surface area contributed by atoms with Crippen LogP contribution in [-0.4, -0.2) is 33.5 Å². The highest BCUT2D eigenvalue weighted by molar-refractivity contribution is 6.02. The Bertz CT molecular complexity index is 431. The number of aromatic amines is 1. The van der Waals surface area contributed by atoms with E-state index in [4.69, 9.17) is 11.5 Å². The monoisotopic (exact) mass is 221 g/mol. The number of imidazole rings is 1. The fourth-order valence-corrected chi connectivity index (χ4v) is 1.11. The molecular weight excluding hydrogens is 210 g/mol. The highest BCUT2D eigenvalue weighted by Gasteiger charge is 2.18. The van der Waals surface area contributed by atoms with Crippen LogP contribution in [0.1, 0.15) is 33.8 Å². The number of carboxylic acid groups (broad SMARTS) is 1. The number of unbranched alkanes of at least 4 members (excludes halogenated alkanes) is 1. The summed E-state index contributed by atoms with van der Waals surface area (Å²) in [6.45, 7) is 0.398. The number of terminal acetylenes is 1. The molecular formula is C10H11N3O3. The van der Waals surface area contributed by atoms with Gasteiger partial charge in [-0.1, -0.05) is 0 Å². The van der Waals surface area contributed by atoms with Crippen molar-refractivity contribution in [2.75, 3.05) is 6.54 Å². The molecule has 1 aromatic rings. The fraction of sp³-hybridized carbons (Fsp3) is 0.300. The average Bonchev–Trinajstić information content (AvgIpc) is 2.73. The summed E-state index contributed by atoms with van der Waals surface area (Å²) in [6, 6.07) is 0. The van der Waals surface area contributed by atoms with Gasteiger partial charge < -0.3 is 15.4 Å². The number of H-pyrrole nitrogens is 1. The molecule has 1 amide bonds. The van der Waals surface area contributed by atoms with E-state index in [-0.39, 0.29) is 11.4 Å². The van der Waals surface area contributed by atoms with E-state index in [1.54, 1.807) is 0 Å². The Morgan fingerprint density at radius 3 is 3.00 bits per heavy atom. The first-order valence-corrected chi connectivity index (χ1v) is 4.65. The number of nitrogens with one attached hydrogen (secondary N) is 2. The van der Waals surface area contributed by atoms with Gasteiger partial charge in [-0.05, 0) is 6.42 Å². The van der Waals surface area contributed by atoms with Gasteiger partial charge in [0.1, 0.15) is 0 Å². The molecule has 0 radical (unpaired) electrons. The normalized spacial score (nSPS) is 9.44. The molecule has 0 fully saturated rings. The molecule has 1 rings (SSSR count). The zero-order chi connectivity index (χ0) is 12.0. The van der Waals surface area contributed by atoms with Crippen LogP contribution >= 0.6 is 0 Å². The second-order valence-corrected chi connectivity index (χ2v) is 2.99. The van der Waals surface area contributed by atoms with Crippen molar-refractivity contribution in [3.63, 3.8) is 0 Å². The predicted molar refractivity (Wildman–Crippen MR) is 55.9 cm³/mol. The molecule has 3 N–H and O–H groups in total. The molecule has 0 spiro atoms. The highest BCUT2D eigenvalue weighted by Crippen LogP contribution is 2.02. The number of nitrogens with zero attached hydrogens (tertiary/aromatic N) is 1. The summed E-state index contributed by atoms with van der Waals surface area (Å²) < 4.78 is 0. The molecule has 0 unspecified atom stereocenters. The molecule has 0 saturated carbocycles. The summed E-state index contributed by atoms with van der Waals surface area (Å²) in [5.74, 6) is 0.704. The summed E-state index contributed by atoms with van der Waals surface area (Å²) in [5, 5.41) is 11.3. The van der Waals surface area contributed by atoms with Crippen LogP contribution in [0.5, 0.6) is 0 Å². The summed E-state index contributed by atoms with van der Waals surface area (Å²) in [7, 11) is 0. The Kier molecular flexibility index (Phi) is 4.09. The van der Waals surface area contributed by atoms with Crippen LogP contribution in [0, 0.1) is 12.3 Å². The van der Waals surface area contributed by atoms with Crippen molar-refractivity contribution < 1.29 is 14.7 Å². The first kappa shape index (κ1) is 11.8. The third kappa shape index (κ3) is 2.85. The summed E-state index contributed by atoms with van der Waals surface area (Å²) in [6.07, 6.45) is 7.42. The lowest BCUT2D eigenvalue weighted by molar-refractivity contribution is 0.0685. The van der Waals surface area contributed by atoms with Gasteiger partial charge in [0.05, 0.1) is 6.33 Å². The topological polar surface area (TPSA) is 95.1 Å². The number of carbonyl (C=O) groups is 2. The predicted octanol–water partition coefficient (Wildman–Crippen LogP) is 0.251. The Balaban J connectivity index is 2.57. The quantitative estimate of drug-likeness (QED) is 0.490. The van der Waals surface area contributed by atoms with Crippen molar-refractivity contribution in [1.82, 2.24) is 15.3 Å². The van der Waals surface area contributed by atoms with Crippen LogP contribution in [0.2, 0.25) is 0 Å². The molecule has 0 aromatic carbocycles. The number of hydrogen-bond donors (Lipinski definition) is 3. The summed E-state index contributed by atoms with van der Waals surface area (Å²) in [4.78, 5) is 28.2. The molecule has 1 aromatic heterocycles. The Hall–Kier alpha value is -2.29. The first-order chi connectivity index (χ1) is 7.66. The van der Waals surface area contributed by atoms with Crippen LogP contribution in [0.4, 0.5) is 0 Å². The van der Waals surface area contributed by atoms with Crippen molar-refractivity contribution in [3.05, 3.63) is 17.7 Å². The van der Waals surface area contributed by atoms with E-state index in [9.17, 15) is 9.59 Å². The van der Waals surface area contributed by atoms with Crippen LogP contribution in [0.3, 0.4) is 0 Å². The number of carbonyl (C=O) groups excluding carboxylic acids is 1. The van der Waals surface area contributed by atoms with Gasteiger partial charge in [0, 0.05) is 13.0 Å². The molecule has 0 atom stereocenters. The van der Waals surface area contributed by atoms with Crippen molar-refractivity contribution in [2.24, 2.45) is 0 Å². The maximum atomic E-state index is 11.5. The molecule has 84 valence electrons. The van der Waals surface area contributed by atoms with Gasteiger partial charge in [0.2, 0.25) is 0 Å². The first-order valence-electron chi connectivity index (χ1n) is 4.65. The van der Waals surface area contributed by atoms with E-state index in [0.29, 0.717) is 19.4 Å². The third-order valence-corrected chi connectivity index (χ3v) is 1.85. The number of carboxylic acids is 1. The Labute approximate surface area is 92.1 Å². The number of aromatic carboxylic acids is 1. The average molecular weight is 221 g/mol. The second kappa shape index (κ2) is 5.56. The van der Waals surface area contributed by atoms with E-state index < -0.39 is 11.9 Å². The van der Waals surface area contributed by atoms with Crippen LogP contribution in [-0.2, 0) is 0 Å². The van der Waals surface area contributed by atoms with E-state index in [1.165, 1.54) is 6.33 Å². The molecule has 6 heteroatoms. The van der Waals surface area contributed by atoms with E-state index >= 15 is 0 Å². The molecule has 0 aliphatic rings. The lowest BCUT2D eigenvalue weighted by Crippen LogP contribution is -2.26. The SMILES string of the molecule is C#CCCCNC(=O)c1nc[nH]c1C(=O)O. The third-order valence-electron chi connectivity index (χ3n) is 1.85. The van der Waals surface area contributed by atoms with Gasteiger partial charge in [-0.25, -0.2) is 9.78 Å². The van der Waals surface area contributed by atoms with Crippen LogP contribution < -0.4 is 5.32 Å². The number of amides is 1. The van der Waals surface area contributed by atoms with Crippen LogP contribution in [0.25, 0.3) is 0 Å². The van der Waals surface area contributed by atoms with Crippen molar-refractivity contribution in [2.45, 2.75) is 12.8 Å². The van der Waals surface area contributed by atoms with E-state index in [1.807, 2.05) is 0 Å². The van der Waals surface area contributed by atoms with Crippen molar-refractivity contribution in [1.29, 1.82) is 0 Å². The fourth-order valence-electron chi connectivity index (χ4n) is 1.11. The molecule has 0 saturated heterocycles. The smallest absolute Gasteiger partial charge is 0.354 e. The minimum absolute atomic E-state index is 0.117. The minimum Gasteiger partial charge on any atom is -0.477 e. The van der Waals surface area contributed by atoms with Crippen molar-refractivity contribution >= 4 is 11.9 Å². The molecule has 0 bridgehead atoms. The maximum Gasteiger partial charge on any atom is 0.354 e. The second-order valence-electron chi connectivity index (χ2n) is 2.99. The molecule has 0 aliphatic heterocycles. The summed E-state index contributed by atoms with van der Waals surface area (Å²) in [5.41, 5.74) is -0.331. The van der Waals surface area contributed by atoms with E-state index in [0.717, 1.165) is 0 Å². The van der Waals surface area contributed by atoms with Gasteiger partial charge in [0.25, 0.3) is 5.91 Å². The highest BCUT2D eigenvalue weighted by atomic mass is 16.4. The summed E-state index contributed by atoms with van der Waals surface area (Å²) >= 11 is 0. The van der Waals surface area contributed by atoms with Crippen molar-refractivity contribution in [3.8, 4) is 12.3 Å². The van der Waals surface area contributed by atoms with Gasteiger partial charge in [0.15, 0.2) is 11.4 Å². The van der Waals surface area contributed by atoms with Crippen LogP contribution in [0.15, 0.2) is 6.33 Å². The molecule has 6 nitrogen and oxygen atoms in total. The number of rotatable bonds is 5. The molecule has 1 heterocycles. The van der Waals surface area contributed by atoms with Gasteiger partial charge in [-0.2, -0.15) is 0 Å². The minimum atomic E-state index is -1.22.